The van der Waals surface area contributed by atoms with Gasteiger partial charge in [0.1, 0.15) is 11.1 Å². The SMILES string of the molecule is Cc1nc2ccc(C3(CC(=O)O)CCO3)cc2o1. The highest BCUT2D eigenvalue weighted by Gasteiger charge is 2.42. The van der Waals surface area contributed by atoms with Crippen LogP contribution in [0.2, 0.25) is 0 Å². The normalized spacial score (nSPS) is 22.9. The van der Waals surface area contributed by atoms with Crippen molar-refractivity contribution in [1.29, 1.82) is 0 Å². The molecule has 1 aromatic carbocycles. The zero-order chi connectivity index (χ0) is 12.8. The Morgan fingerprint density at radius 3 is 2.94 bits per heavy atom. The van der Waals surface area contributed by atoms with E-state index in [1.165, 1.54) is 0 Å². The highest BCUT2D eigenvalue weighted by molar-refractivity contribution is 5.75. The second-order valence-electron chi connectivity index (χ2n) is 4.58. The van der Waals surface area contributed by atoms with Gasteiger partial charge in [0.2, 0.25) is 0 Å². The molecule has 5 nitrogen and oxygen atoms in total. The van der Waals surface area contributed by atoms with Crippen LogP contribution in [0.25, 0.3) is 11.1 Å². The molecular formula is C13H13NO4. The summed E-state index contributed by atoms with van der Waals surface area (Å²) >= 11 is 0. The lowest BCUT2D eigenvalue weighted by Crippen LogP contribution is -2.42. The van der Waals surface area contributed by atoms with Crippen molar-refractivity contribution in [2.75, 3.05) is 6.61 Å². The first-order valence-corrected chi connectivity index (χ1v) is 5.82. The molecule has 94 valence electrons. The van der Waals surface area contributed by atoms with Crippen molar-refractivity contribution in [3.05, 3.63) is 29.7 Å². The van der Waals surface area contributed by atoms with Crippen molar-refractivity contribution < 1.29 is 19.1 Å². The van der Waals surface area contributed by atoms with Gasteiger partial charge in [-0.05, 0) is 17.7 Å². The Bertz CT molecular complexity index is 612. The molecule has 2 heterocycles. The molecule has 5 heteroatoms. The van der Waals surface area contributed by atoms with Crippen LogP contribution < -0.4 is 0 Å². The van der Waals surface area contributed by atoms with E-state index >= 15 is 0 Å². The third-order valence-electron chi connectivity index (χ3n) is 3.34. The van der Waals surface area contributed by atoms with Gasteiger partial charge in [-0.25, -0.2) is 4.98 Å². The van der Waals surface area contributed by atoms with Gasteiger partial charge in [0.15, 0.2) is 11.5 Å². The summed E-state index contributed by atoms with van der Waals surface area (Å²) in [5, 5.41) is 8.98. The lowest BCUT2D eigenvalue weighted by atomic mass is 9.83. The zero-order valence-electron chi connectivity index (χ0n) is 9.97. The van der Waals surface area contributed by atoms with Crippen molar-refractivity contribution in [3.63, 3.8) is 0 Å². The van der Waals surface area contributed by atoms with E-state index in [2.05, 4.69) is 4.98 Å². The van der Waals surface area contributed by atoms with Crippen LogP contribution in [0.15, 0.2) is 22.6 Å². The van der Waals surface area contributed by atoms with E-state index in [0.717, 1.165) is 17.5 Å². The highest BCUT2D eigenvalue weighted by Crippen LogP contribution is 2.41. The van der Waals surface area contributed by atoms with Gasteiger partial charge in [0, 0.05) is 13.3 Å². The number of aryl methyl sites for hydroxylation is 1. The number of carboxylic acid groups (broad SMARTS) is 1. The van der Waals surface area contributed by atoms with Crippen molar-refractivity contribution in [1.82, 2.24) is 4.98 Å². The van der Waals surface area contributed by atoms with E-state index in [-0.39, 0.29) is 6.42 Å². The molecule has 18 heavy (non-hydrogen) atoms. The molecule has 0 spiro atoms. The molecule has 0 bridgehead atoms. The molecule has 1 fully saturated rings. The largest absolute Gasteiger partial charge is 0.481 e. The van der Waals surface area contributed by atoms with E-state index < -0.39 is 11.6 Å². The van der Waals surface area contributed by atoms with Gasteiger partial charge in [0.25, 0.3) is 0 Å². The predicted molar refractivity (Wildman–Crippen MR) is 63.2 cm³/mol. The molecule has 1 aliphatic rings. The number of benzene rings is 1. The Labute approximate surface area is 103 Å². The van der Waals surface area contributed by atoms with Gasteiger partial charge in [-0.15, -0.1) is 0 Å². The first kappa shape index (κ1) is 11.2. The van der Waals surface area contributed by atoms with Crippen LogP contribution in [-0.4, -0.2) is 22.7 Å². The number of hydrogen-bond acceptors (Lipinski definition) is 4. The van der Waals surface area contributed by atoms with Crippen LogP contribution in [0.4, 0.5) is 0 Å². The molecule has 1 aliphatic heterocycles. The molecule has 0 amide bonds. The van der Waals surface area contributed by atoms with E-state index in [9.17, 15) is 4.79 Å². The molecule has 1 aromatic heterocycles. The second-order valence-corrected chi connectivity index (χ2v) is 4.58. The monoisotopic (exact) mass is 247 g/mol. The quantitative estimate of drug-likeness (QED) is 0.900. The molecule has 0 saturated carbocycles. The van der Waals surface area contributed by atoms with Crippen LogP contribution in [0.3, 0.4) is 0 Å². The Morgan fingerprint density at radius 1 is 1.56 bits per heavy atom. The number of aliphatic carboxylic acids is 1. The summed E-state index contributed by atoms with van der Waals surface area (Å²) in [6.07, 6.45) is 0.698. The average Bonchev–Trinajstić information content (AvgIpc) is 2.62. The molecule has 1 atom stereocenters. The molecular weight excluding hydrogens is 234 g/mol. The van der Waals surface area contributed by atoms with Crippen LogP contribution in [0, 0.1) is 6.92 Å². The lowest BCUT2D eigenvalue weighted by Gasteiger charge is -2.41. The van der Waals surface area contributed by atoms with E-state index in [1.807, 2.05) is 18.2 Å². The Morgan fingerprint density at radius 2 is 2.33 bits per heavy atom. The summed E-state index contributed by atoms with van der Waals surface area (Å²) < 4.78 is 11.0. The minimum Gasteiger partial charge on any atom is -0.481 e. The second kappa shape index (κ2) is 3.81. The fourth-order valence-corrected chi connectivity index (χ4v) is 2.39. The smallest absolute Gasteiger partial charge is 0.306 e. The maximum atomic E-state index is 10.9. The van der Waals surface area contributed by atoms with Crippen LogP contribution >= 0.6 is 0 Å². The van der Waals surface area contributed by atoms with Crippen molar-refractivity contribution in [3.8, 4) is 0 Å². The molecule has 0 aliphatic carbocycles. The van der Waals surface area contributed by atoms with Crippen LogP contribution in [-0.2, 0) is 15.1 Å². The number of fused-ring (bicyclic) bond motifs is 1. The number of oxazole rings is 1. The fourth-order valence-electron chi connectivity index (χ4n) is 2.39. The third kappa shape index (κ3) is 1.67. The van der Waals surface area contributed by atoms with Gasteiger partial charge >= 0.3 is 5.97 Å². The fraction of sp³-hybridized carbons (Fsp3) is 0.385. The van der Waals surface area contributed by atoms with Gasteiger partial charge in [0.05, 0.1) is 13.0 Å². The average molecular weight is 247 g/mol. The zero-order valence-corrected chi connectivity index (χ0v) is 9.97. The number of rotatable bonds is 3. The summed E-state index contributed by atoms with van der Waals surface area (Å²) in [6.45, 7) is 2.38. The highest BCUT2D eigenvalue weighted by atomic mass is 16.5. The first-order valence-electron chi connectivity index (χ1n) is 5.82. The van der Waals surface area contributed by atoms with Gasteiger partial charge in [-0.2, -0.15) is 0 Å². The number of hydrogen-bond donors (Lipinski definition) is 1. The maximum absolute atomic E-state index is 10.9. The minimum absolute atomic E-state index is 0.0222. The third-order valence-corrected chi connectivity index (χ3v) is 3.34. The minimum atomic E-state index is -0.858. The number of aromatic nitrogens is 1. The molecule has 1 saturated heterocycles. The predicted octanol–water partition coefficient (Wildman–Crippen LogP) is 2.23. The van der Waals surface area contributed by atoms with Crippen molar-refractivity contribution >= 4 is 17.1 Å². The van der Waals surface area contributed by atoms with E-state index in [0.29, 0.717) is 18.1 Å². The van der Waals surface area contributed by atoms with E-state index in [4.69, 9.17) is 14.3 Å². The Balaban J connectivity index is 2.04. The molecule has 0 radical (unpaired) electrons. The lowest BCUT2D eigenvalue weighted by molar-refractivity contribution is -0.176. The Hall–Kier alpha value is -1.88. The summed E-state index contributed by atoms with van der Waals surface area (Å²) in [4.78, 5) is 15.2. The van der Waals surface area contributed by atoms with Crippen LogP contribution in [0.5, 0.6) is 0 Å². The maximum Gasteiger partial charge on any atom is 0.306 e. The molecule has 1 unspecified atom stereocenters. The summed E-state index contributed by atoms with van der Waals surface area (Å²) in [6, 6.07) is 5.54. The molecule has 1 N–H and O–H groups in total. The summed E-state index contributed by atoms with van der Waals surface area (Å²) in [5.74, 6) is -0.257. The van der Waals surface area contributed by atoms with Gasteiger partial charge in [-0.1, -0.05) is 6.07 Å². The van der Waals surface area contributed by atoms with E-state index in [1.54, 1.807) is 6.92 Å². The standard InChI is InChI=1S/C13H13NO4/c1-8-14-10-3-2-9(6-11(10)18-8)13(4-5-17-13)7-12(15)16/h2-3,6H,4-5,7H2,1H3,(H,15,16). The number of nitrogens with zero attached hydrogens (tertiary/aromatic N) is 1. The summed E-state index contributed by atoms with van der Waals surface area (Å²) in [5.41, 5.74) is 1.60. The van der Waals surface area contributed by atoms with Crippen LogP contribution in [0.1, 0.15) is 24.3 Å². The summed E-state index contributed by atoms with van der Waals surface area (Å²) in [7, 11) is 0. The van der Waals surface area contributed by atoms with Gasteiger partial charge < -0.3 is 14.3 Å². The number of carboxylic acids is 1. The topological polar surface area (TPSA) is 72.6 Å². The molecule has 3 rings (SSSR count). The number of carbonyl (C=O) groups is 1. The van der Waals surface area contributed by atoms with Gasteiger partial charge in [-0.3, -0.25) is 4.79 Å². The van der Waals surface area contributed by atoms with Crippen molar-refractivity contribution in [2.45, 2.75) is 25.4 Å². The van der Waals surface area contributed by atoms with Crippen molar-refractivity contribution in [2.24, 2.45) is 0 Å². The Kier molecular flexibility index (Phi) is 2.38. The number of ether oxygens (including phenoxy) is 1. The molecule has 2 aromatic rings. The first-order chi connectivity index (χ1) is 8.59.